The van der Waals surface area contributed by atoms with Gasteiger partial charge in [0.15, 0.2) is 9.84 Å². The Morgan fingerprint density at radius 2 is 2.25 bits per heavy atom. The highest BCUT2D eigenvalue weighted by molar-refractivity contribution is 8.02. The van der Waals surface area contributed by atoms with Gasteiger partial charge in [-0.05, 0) is 30.5 Å². The zero-order valence-corrected chi connectivity index (χ0v) is 13.1. The van der Waals surface area contributed by atoms with E-state index in [0.717, 1.165) is 12.1 Å². The van der Waals surface area contributed by atoms with Crippen molar-refractivity contribution in [1.82, 2.24) is 0 Å². The first kappa shape index (κ1) is 15.4. The van der Waals surface area contributed by atoms with Crippen molar-refractivity contribution in [2.45, 2.75) is 25.0 Å². The minimum Gasteiger partial charge on any atom is -0.325 e. The van der Waals surface area contributed by atoms with Crippen LogP contribution in [-0.2, 0) is 21.1 Å². The fraction of sp³-hybridized carbons (Fsp3) is 0.500. The Morgan fingerprint density at radius 1 is 1.45 bits per heavy atom. The number of hydrogen-bond acceptors (Lipinski definition) is 4. The summed E-state index contributed by atoms with van der Waals surface area (Å²) in [5, 5.41) is 2.91. The zero-order chi connectivity index (χ0) is 14.6. The monoisotopic (exact) mass is 313 g/mol. The minimum atomic E-state index is -2.86. The summed E-state index contributed by atoms with van der Waals surface area (Å²) in [6.07, 6.45) is 1.59. The molecule has 2 rings (SSSR count). The molecular formula is C14H19NO3S2. The Morgan fingerprint density at radius 3 is 2.90 bits per heavy atom. The summed E-state index contributed by atoms with van der Waals surface area (Å²) in [6, 6.07) is 7.77. The summed E-state index contributed by atoms with van der Waals surface area (Å²) in [7, 11) is -2.86. The second kappa shape index (κ2) is 6.63. The zero-order valence-electron chi connectivity index (χ0n) is 11.5. The molecule has 0 saturated carbocycles. The van der Waals surface area contributed by atoms with E-state index in [-0.39, 0.29) is 22.7 Å². The van der Waals surface area contributed by atoms with Crippen LogP contribution >= 0.6 is 11.8 Å². The van der Waals surface area contributed by atoms with E-state index in [1.165, 1.54) is 17.3 Å². The standard InChI is InChI=1S/C14H19NO3S2/c1-2-11-4-3-5-12(8-11)15-14(16)9-19-13-6-7-20(17,18)10-13/h3-5,8,13H,2,6-7,9-10H2,1H3,(H,15,16)/t13-/m0/s1. The Hall–Kier alpha value is -1.01. The summed E-state index contributed by atoms with van der Waals surface area (Å²) < 4.78 is 22.7. The molecule has 0 bridgehead atoms. The number of thioether (sulfide) groups is 1. The second-order valence-corrected chi connectivity index (χ2v) is 8.46. The van der Waals surface area contributed by atoms with E-state index in [1.54, 1.807) is 0 Å². The summed E-state index contributed by atoms with van der Waals surface area (Å²) in [5.74, 6) is 0.685. The summed E-state index contributed by atoms with van der Waals surface area (Å²) >= 11 is 1.43. The van der Waals surface area contributed by atoms with Gasteiger partial charge < -0.3 is 5.32 Å². The molecule has 1 aliphatic rings. The number of amides is 1. The molecule has 0 aromatic heterocycles. The number of carbonyl (C=O) groups is 1. The molecule has 1 amide bonds. The molecule has 4 nitrogen and oxygen atoms in total. The highest BCUT2D eigenvalue weighted by Gasteiger charge is 2.28. The highest BCUT2D eigenvalue weighted by atomic mass is 32.2. The molecule has 0 unspecified atom stereocenters. The maximum absolute atomic E-state index is 11.8. The van der Waals surface area contributed by atoms with Crippen LogP contribution in [0.1, 0.15) is 18.9 Å². The summed E-state index contributed by atoms with van der Waals surface area (Å²) in [6.45, 7) is 2.07. The van der Waals surface area contributed by atoms with Gasteiger partial charge in [0.2, 0.25) is 5.91 Å². The molecule has 1 aromatic carbocycles. The van der Waals surface area contributed by atoms with E-state index >= 15 is 0 Å². The van der Waals surface area contributed by atoms with Gasteiger partial charge in [-0.25, -0.2) is 8.42 Å². The number of benzene rings is 1. The van der Waals surface area contributed by atoms with Crippen molar-refractivity contribution >= 4 is 33.2 Å². The first-order valence-corrected chi connectivity index (χ1v) is 9.56. The van der Waals surface area contributed by atoms with Crippen LogP contribution in [-0.4, -0.2) is 36.8 Å². The largest absolute Gasteiger partial charge is 0.325 e. The topological polar surface area (TPSA) is 63.2 Å². The predicted molar refractivity (Wildman–Crippen MR) is 84.0 cm³/mol. The van der Waals surface area contributed by atoms with Crippen LogP contribution in [0, 0.1) is 0 Å². The van der Waals surface area contributed by atoms with Gasteiger partial charge >= 0.3 is 0 Å². The van der Waals surface area contributed by atoms with E-state index in [0.29, 0.717) is 12.2 Å². The predicted octanol–water partition coefficient (Wildman–Crippen LogP) is 2.11. The Balaban J connectivity index is 1.81. The highest BCUT2D eigenvalue weighted by Crippen LogP contribution is 2.24. The van der Waals surface area contributed by atoms with Gasteiger partial charge in [-0.3, -0.25) is 4.79 Å². The lowest BCUT2D eigenvalue weighted by Crippen LogP contribution is -2.17. The van der Waals surface area contributed by atoms with Crippen LogP contribution in [0.5, 0.6) is 0 Å². The van der Waals surface area contributed by atoms with Crippen LogP contribution in [0.3, 0.4) is 0 Å². The average Bonchev–Trinajstić information content (AvgIpc) is 2.76. The van der Waals surface area contributed by atoms with Gasteiger partial charge in [0.25, 0.3) is 0 Å². The van der Waals surface area contributed by atoms with Crippen LogP contribution in [0.4, 0.5) is 5.69 Å². The first-order valence-electron chi connectivity index (χ1n) is 6.69. The van der Waals surface area contributed by atoms with Gasteiger partial charge in [-0.1, -0.05) is 19.1 Å². The van der Waals surface area contributed by atoms with Crippen LogP contribution in [0.2, 0.25) is 0 Å². The maximum Gasteiger partial charge on any atom is 0.234 e. The van der Waals surface area contributed by atoms with E-state index in [1.807, 2.05) is 24.3 Å². The molecule has 6 heteroatoms. The number of carbonyl (C=O) groups excluding carboxylic acids is 1. The lowest BCUT2D eigenvalue weighted by Gasteiger charge is -2.09. The Labute approximate surface area is 124 Å². The van der Waals surface area contributed by atoms with Crippen molar-refractivity contribution in [3.8, 4) is 0 Å². The minimum absolute atomic E-state index is 0.0627. The van der Waals surface area contributed by atoms with Gasteiger partial charge in [0.1, 0.15) is 0 Å². The van der Waals surface area contributed by atoms with Crippen LogP contribution in [0.25, 0.3) is 0 Å². The Kier molecular flexibility index (Phi) is 5.10. The quantitative estimate of drug-likeness (QED) is 0.904. The SMILES string of the molecule is CCc1cccc(NC(=O)CS[C@H]2CCS(=O)(=O)C2)c1. The number of hydrogen-bond donors (Lipinski definition) is 1. The molecule has 1 heterocycles. The third-order valence-corrected chi connectivity index (χ3v) is 6.54. The molecule has 1 atom stereocenters. The summed E-state index contributed by atoms with van der Waals surface area (Å²) in [4.78, 5) is 11.8. The average molecular weight is 313 g/mol. The van der Waals surface area contributed by atoms with Crippen molar-refractivity contribution in [2.24, 2.45) is 0 Å². The maximum atomic E-state index is 11.8. The molecule has 1 aliphatic heterocycles. The lowest BCUT2D eigenvalue weighted by molar-refractivity contribution is -0.113. The second-order valence-electron chi connectivity index (χ2n) is 4.94. The fourth-order valence-corrected chi connectivity index (χ4v) is 5.60. The van der Waals surface area contributed by atoms with Crippen molar-refractivity contribution in [2.75, 3.05) is 22.6 Å². The molecule has 1 saturated heterocycles. The van der Waals surface area contributed by atoms with Crippen molar-refractivity contribution in [3.63, 3.8) is 0 Å². The third kappa shape index (κ3) is 4.52. The fourth-order valence-electron chi connectivity index (χ4n) is 2.15. The molecule has 1 fully saturated rings. The lowest BCUT2D eigenvalue weighted by atomic mass is 10.1. The van der Waals surface area contributed by atoms with E-state index in [9.17, 15) is 13.2 Å². The number of sulfone groups is 1. The molecule has 0 radical (unpaired) electrons. The van der Waals surface area contributed by atoms with Crippen LogP contribution < -0.4 is 5.32 Å². The normalized spacial score (nSPS) is 20.8. The van der Waals surface area contributed by atoms with Gasteiger partial charge in [-0.15, -0.1) is 11.8 Å². The van der Waals surface area contributed by atoms with Crippen molar-refractivity contribution in [1.29, 1.82) is 0 Å². The van der Waals surface area contributed by atoms with E-state index in [2.05, 4.69) is 12.2 Å². The smallest absolute Gasteiger partial charge is 0.234 e. The number of aryl methyl sites for hydroxylation is 1. The first-order chi connectivity index (χ1) is 9.48. The third-order valence-electron chi connectivity index (χ3n) is 3.26. The summed E-state index contributed by atoms with van der Waals surface area (Å²) in [5.41, 5.74) is 1.98. The molecule has 110 valence electrons. The molecule has 20 heavy (non-hydrogen) atoms. The number of anilines is 1. The van der Waals surface area contributed by atoms with Gasteiger partial charge in [0.05, 0.1) is 17.3 Å². The van der Waals surface area contributed by atoms with Crippen LogP contribution in [0.15, 0.2) is 24.3 Å². The number of rotatable bonds is 5. The molecule has 0 spiro atoms. The van der Waals surface area contributed by atoms with Crippen molar-refractivity contribution < 1.29 is 13.2 Å². The van der Waals surface area contributed by atoms with E-state index in [4.69, 9.17) is 0 Å². The van der Waals surface area contributed by atoms with Gasteiger partial charge in [-0.2, -0.15) is 0 Å². The Bertz CT molecular complexity index is 584. The van der Waals surface area contributed by atoms with Crippen molar-refractivity contribution in [3.05, 3.63) is 29.8 Å². The molecule has 0 aliphatic carbocycles. The van der Waals surface area contributed by atoms with E-state index < -0.39 is 9.84 Å². The number of nitrogens with one attached hydrogen (secondary N) is 1. The molecule has 1 aromatic rings. The molecular weight excluding hydrogens is 294 g/mol. The molecule has 1 N–H and O–H groups in total. The van der Waals surface area contributed by atoms with Gasteiger partial charge in [0, 0.05) is 10.9 Å².